The molecule has 2 aromatic heterocycles. The van der Waals surface area contributed by atoms with Crippen LogP contribution in [0.25, 0.3) is 22.2 Å². The van der Waals surface area contributed by atoms with Crippen molar-refractivity contribution in [2.45, 2.75) is 19.9 Å². The van der Waals surface area contributed by atoms with E-state index in [1.54, 1.807) is 25.4 Å². The number of aromatic nitrogens is 2. The molecule has 0 bridgehead atoms. The average molecular weight is 401 g/mol. The summed E-state index contributed by atoms with van der Waals surface area (Å²) in [4.78, 5) is 17.0. The second-order valence-corrected chi connectivity index (χ2v) is 7.83. The van der Waals surface area contributed by atoms with Gasteiger partial charge in [-0.15, -0.1) is 0 Å². The molecule has 0 unspecified atom stereocenters. The molecule has 28 heavy (non-hydrogen) atoms. The number of carbonyl (C=O) groups is 1. The predicted molar refractivity (Wildman–Crippen MR) is 104 cm³/mol. The van der Waals surface area contributed by atoms with E-state index in [1.165, 1.54) is 0 Å². The molecule has 0 aliphatic carbocycles. The van der Waals surface area contributed by atoms with E-state index in [9.17, 15) is 13.2 Å². The van der Waals surface area contributed by atoms with E-state index in [-0.39, 0.29) is 5.75 Å². The predicted octanol–water partition coefficient (Wildman–Crippen LogP) is 2.64. The number of para-hydroxylation sites is 1. The van der Waals surface area contributed by atoms with Gasteiger partial charge < -0.3 is 4.74 Å². The van der Waals surface area contributed by atoms with Crippen LogP contribution in [0.2, 0.25) is 0 Å². The third kappa shape index (κ3) is 4.90. The molecule has 0 aliphatic heterocycles. The molecule has 0 spiro atoms. The number of esters is 1. The number of nitrogens with zero attached hydrogens (tertiary/aromatic N) is 2. The largest absolute Gasteiger partial charge is 0.462 e. The molecule has 1 N–H and O–H groups in total. The molecule has 0 aliphatic rings. The Balaban J connectivity index is 1.89. The van der Waals surface area contributed by atoms with Gasteiger partial charge in [0.25, 0.3) is 10.1 Å². The van der Waals surface area contributed by atoms with E-state index < -0.39 is 16.1 Å². The summed E-state index contributed by atoms with van der Waals surface area (Å²) in [5.74, 6) is -0.671. The third-order valence-corrected chi connectivity index (χ3v) is 5.02. The summed E-state index contributed by atoms with van der Waals surface area (Å²) in [5.41, 5.74) is 2.63. The Hall–Kier alpha value is -2.84. The quantitative estimate of drug-likeness (QED) is 0.371. The van der Waals surface area contributed by atoms with E-state index >= 15 is 0 Å². The molecule has 0 saturated carbocycles. The Morgan fingerprint density at radius 2 is 1.89 bits per heavy atom. The van der Waals surface area contributed by atoms with Crippen LogP contribution in [0.4, 0.5) is 0 Å². The zero-order valence-electron chi connectivity index (χ0n) is 15.4. The summed E-state index contributed by atoms with van der Waals surface area (Å²) in [6.45, 7) is 2.51. The summed E-state index contributed by atoms with van der Waals surface area (Å²) in [5, 5.41) is 0.737. The van der Waals surface area contributed by atoms with Gasteiger partial charge in [-0.1, -0.05) is 18.2 Å². The van der Waals surface area contributed by atoms with Crippen molar-refractivity contribution in [1.29, 1.82) is 0 Å². The first-order valence-electron chi connectivity index (χ1n) is 8.89. The summed E-state index contributed by atoms with van der Waals surface area (Å²) in [6.07, 6.45) is 3.92. The van der Waals surface area contributed by atoms with E-state index in [4.69, 9.17) is 9.29 Å². The van der Waals surface area contributed by atoms with Gasteiger partial charge in [0.15, 0.2) is 12.4 Å². The topological polar surface area (TPSA) is 97.4 Å². The highest BCUT2D eigenvalue weighted by atomic mass is 32.2. The zero-order valence-corrected chi connectivity index (χ0v) is 16.2. The first kappa shape index (κ1) is 19.9. The van der Waals surface area contributed by atoms with Crippen LogP contribution < -0.4 is 4.57 Å². The van der Waals surface area contributed by atoms with Crippen LogP contribution in [0, 0.1) is 0 Å². The molecule has 3 rings (SSSR count). The molecule has 146 valence electrons. The van der Waals surface area contributed by atoms with Crippen LogP contribution in [-0.2, 0) is 21.4 Å². The molecule has 0 radical (unpaired) electrons. The van der Waals surface area contributed by atoms with Gasteiger partial charge in [-0.25, -0.2) is 14.3 Å². The number of benzene rings is 1. The number of rotatable bonds is 7. The highest BCUT2D eigenvalue weighted by Crippen LogP contribution is 2.25. The minimum atomic E-state index is -3.95. The lowest BCUT2D eigenvalue weighted by molar-refractivity contribution is -0.696. The number of hydrogen-bond acceptors (Lipinski definition) is 5. The van der Waals surface area contributed by atoms with E-state index in [0.717, 1.165) is 10.9 Å². The maximum Gasteiger partial charge on any atom is 0.338 e. The summed E-state index contributed by atoms with van der Waals surface area (Å²) in [7, 11) is -3.95. The highest BCUT2D eigenvalue weighted by molar-refractivity contribution is 7.85. The van der Waals surface area contributed by atoms with Gasteiger partial charge in [-0.05, 0) is 19.1 Å². The summed E-state index contributed by atoms with van der Waals surface area (Å²) >= 11 is 0. The van der Waals surface area contributed by atoms with Gasteiger partial charge in [0.05, 0.1) is 29.1 Å². The normalized spacial score (nSPS) is 11.5. The fourth-order valence-corrected chi connectivity index (χ4v) is 3.40. The Bertz CT molecular complexity index is 1100. The SMILES string of the molecule is CCOC(=O)c1cc(-c2cc[n+](CCCS(=O)(=O)O)cc2)nc2ccccc12. The van der Waals surface area contributed by atoms with Crippen LogP contribution in [0.1, 0.15) is 23.7 Å². The molecule has 0 fully saturated rings. The Morgan fingerprint density at radius 3 is 2.57 bits per heavy atom. The fourth-order valence-electron chi connectivity index (χ4n) is 2.91. The number of pyridine rings is 2. The zero-order chi connectivity index (χ0) is 20.1. The number of hydrogen-bond donors (Lipinski definition) is 1. The molecule has 0 amide bonds. The number of aryl methyl sites for hydroxylation is 1. The van der Waals surface area contributed by atoms with Crippen LogP contribution in [0.15, 0.2) is 54.9 Å². The molecule has 8 heteroatoms. The van der Waals surface area contributed by atoms with E-state index in [2.05, 4.69) is 4.98 Å². The van der Waals surface area contributed by atoms with Crippen molar-refractivity contribution in [2.24, 2.45) is 0 Å². The van der Waals surface area contributed by atoms with Crippen molar-refractivity contribution in [3.8, 4) is 11.3 Å². The van der Waals surface area contributed by atoms with Crippen LogP contribution >= 0.6 is 0 Å². The second kappa shape index (κ2) is 8.45. The molecular formula is C20H21N2O5S+. The van der Waals surface area contributed by atoms with Gasteiger partial charge in [0.1, 0.15) is 6.54 Å². The second-order valence-electron chi connectivity index (χ2n) is 6.26. The highest BCUT2D eigenvalue weighted by Gasteiger charge is 2.15. The van der Waals surface area contributed by atoms with Gasteiger partial charge in [-0.3, -0.25) is 4.55 Å². The molecule has 0 saturated heterocycles. The van der Waals surface area contributed by atoms with Crippen molar-refractivity contribution in [3.05, 3.63) is 60.4 Å². The lowest BCUT2D eigenvalue weighted by atomic mass is 10.0. The van der Waals surface area contributed by atoms with Crippen LogP contribution in [0.3, 0.4) is 0 Å². The van der Waals surface area contributed by atoms with Gasteiger partial charge in [0.2, 0.25) is 0 Å². The maximum atomic E-state index is 12.4. The average Bonchev–Trinajstić information content (AvgIpc) is 2.67. The van der Waals surface area contributed by atoms with Crippen molar-refractivity contribution in [1.82, 2.24) is 4.98 Å². The number of carbonyl (C=O) groups excluding carboxylic acids is 1. The smallest absolute Gasteiger partial charge is 0.338 e. The van der Waals surface area contributed by atoms with E-state index in [0.29, 0.717) is 36.3 Å². The van der Waals surface area contributed by atoms with Crippen LogP contribution in [-0.4, -0.2) is 36.3 Å². The van der Waals surface area contributed by atoms with Gasteiger partial charge in [0, 0.05) is 29.5 Å². The third-order valence-electron chi connectivity index (χ3n) is 4.22. The summed E-state index contributed by atoms with van der Waals surface area (Å²) < 4.78 is 37.4. The molecule has 0 atom stereocenters. The lowest BCUT2D eigenvalue weighted by Gasteiger charge is -2.09. The molecule has 7 nitrogen and oxygen atoms in total. The minimum absolute atomic E-state index is 0.281. The van der Waals surface area contributed by atoms with Crippen LogP contribution in [0.5, 0.6) is 0 Å². The Morgan fingerprint density at radius 1 is 1.18 bits per heavy atom. The lowest BCUT2D eigenvalue weighted by Crippen LogP contribution is -2.33. The molecule has 3 aromatic rings. The fraction of sp³-hybridized carbons (Fsp3) is 0.250. The molecular weight excluding hydrogens is 380 g/mol. The first-order valence-corrected chi connectivity index (χ1v) is 10.5. The van der Waals surface area contributed by atoms with Gasteiger partial charge >= 0.3 is 5.97 Å². The van der Waals surface area contributed by atoms with Crippen molar-refractivity contribution < 1.29 is 27.1 Å². The Labute approximate surface area is 163 Å². The number of fused-ring (bicyclic) bond motifs is 1. The maximum absolute atomic E-state index is 12.4. The minimum Gasteiger partial charge on any atom is -0.462 e. The molecule has 2 heterocycles. The first-order chi connectivity index (χ1) is 13.4. The van der Waals surface area contributed by atoms with Crippen molar-refractivity contribution >= 4 is 27.0 Å². The van der Waals surface area contributed by atoms with Gasteiger partial charge in [-0.2, -0.15) is 8.42 Å². The Kier molecular flexibility index (Phi) is 6.01. The standard InChI is InChI=1S/C20H20N2O5S/c1-2-27-20(23)17-14-19(21-18-7-4-3-6-16(17)18)15-8-11-22(12-9-15)10-5-13-28(24,25)26/h3-4,6-9,11-12,14H,2,5,10,13H2,1H3/p+1. The van der Waals surface area contributed by atoms with E-state index in [1.807, 2.05) is 41.0 Å². The molecule has 1 aromatic carbocycles. The summed E-state index contributed by atoms with van der Waals surface area (Å²) in [6, 6.07) is 12.8. The monoisotopic (exact) mass is 401 g/mol. The van der Waals surface area contributed by atoms with Crippen molar-refractivity contribution in [2.75, 3.05) is 12.4 Å². The number of ether oxygens (including phenoxy) is 1. The van der Waals surface area contributed by atoms with Crippen molar-refractivity contribution in [3.63, 3.8) is 0 Å².